The smallest absolute Gasteiger partial charge is 0.378 e. The molecule has 0 saturated carbocycles. The molecule has 5 rings (SSSR count). The number of rotatable bonds is 7. The third-order valence-corrected chi connectivity index (χ3v) is 6.44. The molecule has 0 aliphatic heterocycles. The number of anilines is 3. The third kappa shape index (κ3) is 5.11. The van der Waals surface area contributed by atoms with E-state index >= 15 is 0 Å². The van der Waals surface area contributed by atoms with Crippen molar-refractivity contribution in [3.63, 3.8) is 0 Å². The van der Waals surface area contributed by atoms with E-state index in [1.54, 1.807) is 47.5 Å². The van der Waals surface area contributed by atoms with E-state index in [4.69, 9.17) is 6.42 Å². The fourth-order valence-electron chi connectivity index (χ4n) is 4.49. The number of benzene rings is 2. The Morgan fingerprint density at radius 2 is 1.82 bits per heavy atom. The van der Waals surface area contributed by atoms with E-state index in [1.807, 2.05) is 25.1 Å². The topological polar surface area (TPSA) is 82.9 Å². The Hall–Kier alpha value is -5.11. The van der Waals surface area contributed by atoms with Gasteiger partial charge in [0.15, 0.2) is 0 Å². The lowest BCUT2D eigenvalue weighted by Gasteiger charge is -2.26. The van der Waals surface area contributed by atoms with Gasteiger partial charge in [-0.25, -0.2) is 9.97 Å². The molecule has 1 unspecified atom stereocenters. The standard InChI is InChI=1S/C29H24F3N7O/c1-4-6-25(38-17-20(16-36-38)26-24-13-14-33-27(24)35-18-34-26)19-7-5-8-23(15-19)39(28(40)29(30,31)32)22-11-9-21(10-12-22)37(2)3/h1,5,7-18,25H,6H2,2-3H3,(H,33,34,35). The Bertz CT molecular complexity index is 1700. The van der Waals surface area contributed by atoms with Gasteiger partial charge in [-0.2, -0.15) is 18.3 Å². The number of terminal acetylenes is 1. The van der Waals surface area contributed by atoms with Crippen LogP contribution in [0.1, 0.15) is 18.0 Å². The van der Waals surface area contributed by atoms with Gasteiger partial charge in [0.05, 0.1) is 17.9 Å². The lowest BCUT2D eigenvalue weighted by Crippen LogP contribution is -2.38. The van der Waals surface area contributed by atoms with E-state index < -0.39 is 18.1 Å². The lowest BCUT2D eigenvalue weighted by molar-refractivity contribution is -0.169. The third-order valence-electron chi connectivity index (χ3n) is 6.44. The van der Waals surface area contributed by atoms with Gasteiger partial charge in [-0.3, -0.25) is 14.4 Å². The van der Waals surface area contributed by atoms with Gasteiger partial charge in [0.2, 0.25) is 0 Å². The minimum atomic E-state index is -5.09. The second-order valence-electron chi connectivity index (χ2n) is 9.24. The van der Waals surface area contributed by atoms with Gasteiger partial charge in [-0.1, -0.05) is 12.1 Å². The summed E-state index contributed by atoms with van der Waals surface area (Å²) in [6.45, 7) is 0. The first kappa shape index (κ1) is 26.5. The highest BCUT2D eigenvalue weighted by molar-refractivity contribution is 6.03. The summed E-state index contributed by atoms with van der Waals surface area (Å²) in [5.74, 6) is 0.624. The summed E-state index contributed by atoms with van der Waals surface area (Å²) in [7, 11) is 3.63. The highest BCUT2D eigenvalue weighted by Gasteiger charge is 2.44. The molecule has 0 aliphatic carbocycles. The summed E-state index contributed by atoms with van der Waals surface area (Å²) in [6, 6.07) is 13.9. The summed E-state index contributed by atoms with van der Waals surface area (Å²) in [6.07, 6.45) is 7.44. The molecule has 1 N–H and O–H groups in total. The summed E-state index contributed by atoms with van der Waals surface area (Å²) in [4.78, 5) is 26.7. The van der Waals surface area contributed by atoms with Crippen molar-refractivity contribution in [3.05, 3.63) is 85.1 Å². The van der Waals surface area contributed by atoms with Gasteiger partial charge in [0, 0.05) is 60.9 Å². The molecular formula is C29H24F3N7O. The van der Waals surface area contributed by atoms with Crippen molar-refractivity contribution in [2.45, 2.75) is 18.6 Å². The van der Waals surface area contributed by atoms with Crippen LogP contribution in [0.3, 0.4) is 0 Å². The van der Waals surface area contributed by atoms with Crippen molar-refractivity contribution in [2.24, 2.45) is 0 Å². The van der Waals surface area contributed by atoms with E-state index in [-0.39, 0.29) is 17.8 Å². The van der Waals surface area contributed by atoms with Crippen LogP contribution in [0.15, 0.2) is 79.5 Å². The molecule has 2 aromatic carbocycles. The maximum Gasteiger partial charge on any atom is 0.472 e. The Balaban J connectivity index is 1.55. The molecule has 0 radical (unpaired) electrons. The van der Waals surface area contributed by atoms with Gasteiger partial charge in [-0.15, -0.1) is 12.3 Å². The minimum absolute atomic E-state index is 0.0525. The summed E-state index contributed by atoms with van der Waals surface area (Å²) >= 11 is 0. The second kappa shape index (κ2) is 10.6. The maximum absolute atomic E-state index is 13.7. The molecule has 1 atom stereocenters. The quantitative estimate of drug-likeness (QED) is 0.265. The number of nitrogens with one attached hydrogen (secondary N) is 1. The number of aromatic nitrogens is 5. The van der Waals surface area contributed by atoms with Gasteiger partial charge in [-0.05, 0) is 48.0 Å². The van der Waals surface area contributed by atoms with Crippen molar-refractivity contribution in [1.29, 1.82) is 0 Å². The zero-order chi connectivity index (χ0) is 28.4. The van der Waals surface area contributed by atoms with Crippen LogP contribution in [0.25, 0.3) is 22.3 Å². The van der Waals surface area contributed by atoms with Crippen molar-refractivity contribution in [3.8, 4) is 23.6 Å². The second-order valence-corrected chi connectivity index (χ2v) is 9.24. The van der Waals surface area contributed by atoms with E-state index in [0.29, 0.717) is 21.8 Å². The van der Waals surface area contributed by atoms with Crippen LogP contribution in [-0.2, 0) is 4.79 Å². The molecule has 3 aromatic heterocycles. The first-order valence-corrected chi connectivity index (χ1v) is 12.2. The fraction of sp³-hybridized carbons (Fsp3) is 0.172. The normalized spacial score (nSPS) is 12.2. The molecule has 0 aliphatic rings. The Labute approximate surface area is 228 Å². The number of amides is 1. The highest BCUT2D eigenvalue weighted by Crippen LogP contribution is 2.35. The predicted molar refractivity (Wildman–Crippen MR) is 147 cm³/mol. The molecule has 11 heteroatoms. The number of hydrogen-bond acceptors (Lipinski definition) is 5. The molecule has 1 amide bonds. The minimum Gasteiger partial charge on any atom is -0.378 e. The Kier molecular flexibility index (Phi) is 7.00. The molecule has 0 saturated heterocycles. The fourth-order valence-corrected chi connectivity index (χ4v) is 4.49. The SMILES string of the molecule is C#CCC(c1cccc(N(C(=O)C(F)(F)F)c2ccc(N(C)C)cc2)c1)n1cc(-c2ncnc3[nH]ccc23)cn1. The van der Waals surface area contributed by atoms with E-state index in [1.165, 1.54) is 30.6 Å². The molecule has 202 valence electrons. The molecule has 0 spiro atoms. The molecule has 0 fully saturated rings. The molecular weight excluding hydrogens is 519 g/mol. The number of carbonyl (C=O) groups is 1. The van der Waals surface area contributed by atoms with E-state index in [9.17, 15) is 18.0 Å². The largest absolute Gasteiger partial charge is 0.472 e. The van der Waals surface area contributed by atoms with Crippen LogP contribution in [-0.4, -0.2) is 50.9 Å². The van der Waals surface area contributed by atoms with Gasteiger partial charge < -0.3 is 9.88 Å². The average molecular weight is 544 g/mol. The zero-order valence-electron chi connectivity index (χ0n) is 21.6. The number of halogens is 3. The van der Waals surface area contributed by atoms with Gasteiger partial charge >= 0.3 is 12.1 Å². The van der Waals surface area contributed by atoms with Crippen LogP contribution in [0.5, 0.6) is 0 Å². The van der Waals surface area contributed by atoms with Crippen LogP contribution < -0.4 is 9.80 Å². The Morgan fingerprint density at radius 1 is 1.07 bits per heavy atom. The van der Waals surface area contributed by atoms with Crippen LogP contribution in [0.4, 0.5) is 30.2 Å². The maximum atomic E-state index is 13.7. The van der Waals surface area contributed by atoms with E-state index in [2.05, 4.69) is 26.0 Å². The molecule has 40 heavy (non-hydrogen) atoms. The molecule has 3 heterocycles. The van der Waals surface area contributed by atoms with Crippen molar-refractivity contribution < 1.29 is 18.0 Å². The highest BCUT2D eigenvalue weighted by atomic mass is 19.4. The number of aromatic amines is 1. The average Bonchev–Trinajstić information content (AvgIpc) is 3.62. The number of alkyl halides is 3. The van der Waals surface area contributed by atoms with Crippen LogP contribution >= 0.6 is 0 Å². The summed E-state index contributed by atoms with van der Waals surface area (Å²) in [5.41, 5.74) is 3.58. The van der Waals surface area contributed by atoms with Crippen LogP contribution in [0, 0.1) is 12.3 Å². The Morgan fingerprint density at radius 3 is 2.52 bits per heavy atom. The van der Waals surface area contributed by atoms with Crippen LogP contribution in [0.2, 0.25) is 0 Å². The van der Waals surface area contributed by atoms with E-state index in [0.717, 1.165) is 16.6 Å². The number of nitrogens with zero attached hydrogens (tertiary/aromatic N) is 6. The first-order valence-electron chi connectivity index (χ1n) is 12.2. The molecule has 0 bridgehead atoms. The number of hydrogen-bond donors (Lipinski definition) is 1. The van der Waals surface area contributed by atoms with Gasteiger partial charge in [0.1, 0.15) is 12.0 Å². The zero-order valence-corrected chi connectivity index (χ0v) is 21.6. The van der Waals surface area contributed by atoms with Gasteiger partial charge in [0.25, 0.3) is 0 Å². The van der Waals surface area contributed by atoms with Crippen molar-refractivity contribution in [2.75, 3.05) is 23.9 Å². The van der Waals surface area contributed by atoms with Crippen molar-refractivity contribution in [1.82, 2.24) is 24.7 Å². The number of H-pyrrole nitrogens is 1. The summed E-state index contributed by atoms with van der Waals surface area (Å²) in [5, 5.41) is 5.32. The van der Waals surface area contributed by atoms with Crippen molar-refractivity contribution >= 4 is 34.0 Å². The monoisotopic (exact) mass is 543 g/mol. The lowest BCUT2D eigenvalue weighted by atomic mass is 10.0. The molecule has 8 nitrogen and oxygen atoms in total. The first-order chi connectivity index (χ1) is 19.2. The molecule has 5 aromatic rings. The predicted octanol–water partition coefficient (Wildman–Crippen LogP) is 5.73. The summed E-state index contributed by atoms with van der Waals surface area (Å²) < 4.78 is 42.8. The number of carbonyl (C=O) groups excluding carboxylic acids is 1. The number of fused-ring (bicyclic) bond motifs is 1.